The van der Waals surface area contributed by atoms with Gasteiger partial charge in [-0.2, -0.15) is 0 Å². The van der Waals surface area contributed by atoms with Crippen LogP contribution in [0, 0.1) is 6.92 Å². The molecule has 2 N–H and O–H groups in total. The van der Waals surface area contributed by atoms with Crippen molar-refractivity contribution < 1.29 is 19.1 Å². The van der Waals surface area contributed by atoms with Crippen LogP contribution in [0.15, 0.2) is 6.07 Å². The molecule has 132 valence electrons. The fourth-order valence-corrected chi connectivity index (χ4v) is 3.43. The zero-order valence-corrected chi connectivity index (χ0v) is 14.8. The zero-order chi connectivity index (χ0) is 17.5. The summed E-state index contributed by atoms with van der Waals surface area (Å²) in [5.41, 5.74) is 5.83. The van der Waals surface area contributed by atoms with Crippen LogP contribution in [0.25, 0.3) is 0 Å². The maximum Gasteiger partial charge on any atom is 0.279 e. The maximum atomic E-state index is 12.0. The van der Waals surface area contributed by atoms with Gasteiger partial charge in [-0.25, -0.2) is 0 Å². The molecule has 0 atom stereocenters. The van der Waals surface area contributed by atoms with Crippen molar-refractivity contribution in [2.75, 3.05) is 26.3 Å². The van der Waals surface area contributed by atoms with Gasteiger partial charge in [0.1, 0.15) is 0 Å². The summed E-state index contributed by atoms with van der Waals surface area (Å²) in [4.78, 5) is 39.1. The first-order valence-electron chi connectivity index (χ1n) is 8.05. The maximum absolute atomic E-state index is 12.0. The van der Waals surface area contributed by atoms with E-state index in [1.165, 1.54) is 11.3 Å². The van der Waals surface area contributed by atoms with Gasteiger partial charge in [0, 0.05) is 30.8 Å². The van der Waals surface area contributed by atoms with Gasteiger partial charge in [-0.1, -0.05) is 6.92 Å². The minimum Gasteiger partial charge on any atom is -0.378 e. The third-order valence-electron chi connectivity index (χ3n) is 3.81. The van der Waals surface area contributed by atoms with Crippen LogP contribution >= 0.6 is 11.3 Å². The summed E-state index contributed by atoms with van der Waals surface area (Å²) in [5, 5.41) is 0. The molecule has 0 aliphatic carbocycles. The lowest BCUT2D eigenvalue weighted by atomic mass is 10.2. The molecule has 2 heterocycles. The third-order valence-corrected chi connectivity index (χ3v) is 5.19. The highest BCUT2D eigenvalue weighted by Crippen LogP contribution is 2.21. The molecule has 0 aromatic carbocycles. The number of nitrogens with zero attached hydrogens (tertiary/aromatic N) is 1. The summed E-state index contributed by atoms with van der Waals surface area (Å²) < 4.78 is 5.18. The van der Waals surface area contributed by atoms with Crippen molar-refractivity contribution in [3.8, 4) is 0 Å². The first-order valence-corrected chi connectivity index (χ1v) is 8.87. The van der Waals surface area contributed by atoms with Crippen LogP contribution in [-0.2, 0) is 20.7 Å². The van der Waals surface area contributed by atoms with Crippen LogP contribution in [0.3, 0.4) is 0 Å². The standard InChI is InChI=1S/C16H23N3O4S/c1-3-12-11(2)10-13(24-12)16(22)18-17-14(20)4-5-15(21)19-6-8-23-9-7-19/h10H,3-9H2,1-2H3,(H,17,20)(H,18,22). The minimum atomic E-state index is -0.381. The number of hydrogen-bond acceptors (Lipinski definition) is 5. The van der Waals surface area contributed by atoms with Crippen LogP contribution in [0.2, 0.25) is 0 Å². The molecule has 7 nitrogen and oxygen atoms in total. The Bertz CT molecular complexity index is 608. The van der Waals surface area contributed by atoms with Gasteiger partial charge in [0.05, 0.1) is 18.1 Å². The van der Waals surface area contributed by atoms with E-state index in [0.29, 0.717) is 31.2 Å². The normalized spacial score (nSPS) is 14.3. The summed E-state index contributed by atoms with van der Waals surface area (Å²) in [5.74, 6) is -0.786. The molecule has 3 amide bonds. The molecule has 1 saturated heterocycles. The fraction of sp³-hybridized carbons (Fsp3) is 0.562. The number of rotatable bonds is 5. The largest absolute Gasteiger partial charge is 0.378 e. The summed E-state index contributed by atoms with van der Waals surface area (Å²) >= 11 is 1.42. The Kier molecular flexibility index (Phi) is 6.74. The Morgan fingerprint density at radius 3 is 2.54 bits per heavy atom. The highest BCUT2D eigenvalue weighted by atomic mass is 32.1. The molecule has 24 heavy (non-hydrogen) atoms. The number of amides is 3. The Morgan fingerprint density at radius 2 is 1.92 bits per heavy atom. The fourth-order valence-electron chi connectivity index (χ4n) is 2.42. The number of carbonyl (C=O) groups is 3. The van der Waals surface area contributed by atoms with Gasteiger partial charge >= 0.3 is 0 Å². The lowest BCUT2D eigenvalue weighted by molar-refractivity contribution is -0.137. The molecule has 0 unspecified atom stereocenters. The average molecular weight is 353 g/mol. The molecule has 0 bridgehead atoms. The molecule has 0 saturated carbocycles. The zero-order valence-electron chi connectivity index (χ0n) is 14.0. The SMILES string of the molecule is CCc1sc(C(=O)NNC(=O)CCC(=O)N2CCOCC2)cc1C. The van der Waals surface area contributed by atoms with Gasteiger partial charge in [0.2, 0.25) is 11.8 Å². The van der Waals surface area contributed by atoms with Crippen LogP contribution in [0.4, 0.5) is 0 Å². The molecule has 1 aromatic rings. The first-order chi connectivity index (χ1) is 11.5. The second kappa shape index (κ2) is 8.79. The van der Waals surface area contributed by atoms with Gasteiger partial charge in [0.25, 0.3) is 5.91 Å². The smallest absolute Gasteiger partial charge is 0.279 e. The Balaban J connectivity index is 1.72. The van der Waals surface area contributed by atoms with Crippen molar-refractivity contribution in [2.24, 2.45) is 0 Å². The Labute approximate surface area is 145 Å². The third kappa shape index (κ3) is 5.04. The predicted octanol–water partition coefficient (Wildman–Crippen LogP) is 1.02. The van der Waals surface area contributed by atoms with E-state index in [1.54, 1.807) is 4.90 Å². The number of carbonyl (C=O) groups excluding carboxylic acids is 3. The van der Waals surface area contributed by atoms with Gasteiger partial charge in [-0.3, -0.25) is 25.2 Å². The van der Waals surface area contributed by atoms with E-state index in [-0.39, 0.29) is 30.6 Å². The van der Waals surface area contributed by atoms with Gasteiger partial charge in [0.15, 0.2) is 0 Å². The number of ether oxygens (including phenoxy) is 1. The van der Waals surface area contributed by atoms with Crippen molar-refractivity contribution in [2.45, 2.75) is 33.1 Å². The predicted molar refractivity (Wildman–Crippen MR) is 90.7 cm³/mol. The van der Waals surface area contributed by atoms with Gasteiger partial charge in [-0.15, -0.1) is 11.3 Å². The molecule has 1 aromatic heterocycles. The average Bonchev–Trinajstić information content (AvgIpc) is 2.99. The van der Waals surface area contributed by atoms with E-state index in [9.17, 15) is 14.4 Å². The number of hydrogen-bond donors (Lipinski definition) is 2. The number of morpholine rings is 1. The van der Waals surface area contributed by atoms with Crippen LogP contribution in [0.5, 0.6) is 0 Å². The molecular formula is C16H23N3O4S. The van der Waals surface area contributed by atoms with Crippen LogP contribution in [0.1, 0.15) is 39.9 Å². The molecule has 1 fully saturated rings. The highest BCUT2D eigenvalue weighted by Gasteiger charge is 2.18. The lowest BCUT2D eigenvalue weighted by Gasteiger charge is -2.26. The molecular weight excluding hydrogens is 330 g/mol. The van der Waals surface area contributed by atoms with Crippen molar-refractivity contribution in [1.29, 1.82) is 0 Å². The van der Waals surface area contributed by atoms with E-state index < -0.39 is 0 Å². The van der Waals surface area contributed by atoms with Gasteiger partial charge in [-0.05, 0) is 25.0 Å². The summed E-state index contributed by atoms with van der Waals surface area (Å²) in [6.07, 6.45) is 1.04. The van der Waals surface area contributed by atoms with Crippen molar-refractivity contribution >= 4 is 29.1 Å². The summed E-state index contributed by atoms with van der Waals surface area (Å²) in [7, 11) is 0. The quantitative estimate of drug-likeness (QED) is 0.774. The topological polar surface area (TPSA) is 87.7 Å². The molecule has 8 heteroatoms. The van der Waals surface area contributed by atoms with Crippen molar-refractivity contribution in [3.05, 3.63) is 21.4 Å². The molecule has 1 aliphatic heterocycles. The Hall–Kier alpha value is -1.93. The molecule has 0 spiro atoms. The number of aryl methyl sites for hydroxylation is 2. The number of hydrazine groups is 1. The van der Waals surface area contributed by atoms with Crippen molar-refractivity contribution in [3.63, 3.8) is 0 Å². The second-order valence-corrected chi connectivity index (χ2v) is 6.70. The van der Waals surface area contributed by atoms with E-state index in [0.717, 1.165) is 16.9 Å². The molecule has 0 radical (unpaired) electrons. The molecule has 2 rings (SSSR count). The summed E-state index contributed by atoms with van der Waals surface area (Å²) in [6, 6.07) is 1.81. The monoisotopic (exact) mass is 353 g/mol. The van der Waals surface area contributed by atoms with Crippen LogP contribution < -0.4 is 10.9 Å². The molecule has 1 aliphatic rings. The highest BCUT2D eigenvalue weighted by molar-refractivity contribution is 7.14. The summed E-state index contributed by atoms with van der Waals surface area (Å²) in [6.45, 7) is 6.20. The van der Waals surface area contributed by atoms with Gasteiger partial charge < -0.3 is 9.64 Å². The second-order valence-electron chi connectivity index (χ2n) is 5.57. The number of thiophene rings is 1. The number of nitrogens with one attached hydrogen (secondary N) is 2. The van der Waals surface area contributed by atoms with Crippen molar-refractivity contribution in [1.82, 2.24) is 15.8 Å². The minimum absolute atomic E-state index is 0.0418. The Morgan fingerprint density at radius 1 is 1.21 bits per heavy atom. The van der Waals surface area contributed by atoms with E-state index in [1.807, 2.05) is 19.9 Å². The van der Waals surface area contributed by atoms with E-state index in [4.69, 9.17) is 4.74 Å². The lowest BCUT2D eigenvalue weighted by Crippen LogP contribution is -2.43. The van der Waals surface area contributed by atoms with E-state index in [2.05, 4.69) is 10.9 Å². The first kappa shape index (κ1) is 18.4. The van der Waals surface area contributed by atoms with E-state index >= 15 is 0 Å². The van der Waals surface area contributed by atoms with Crippen LogP contribution in [-0.4, -0.2) is 48.9 Å².